The van der Waals surface area contributed by atoms with Gasteiger partial charge in [0.1, 0.15) is 0 Å². The molecule has 0 saturated heterocycles. The Balaban J connectivity index is 2.15. The van der Waals surface area contributed by atoms with E-state index in [9.17, 15) is 10.1 Å². The number of rotatable bonds is 4. The summed E-state index contributed by atoms with van der Waals surface area (Å²) in [5.41, 5.74) is 5.24. The molecule has 104 valence electrons. The van der Waals surface area contributed by atoms with Gasteiger partial charge in [0.05, 0.1) is 4.92 Å². The van der Waals surface area contributed by atoms with Crippen LogP contribution in [-0.4, -0.2) is 4.92 Å². The number of hydrogen-bond donors (Lipinski definition) is 1. The Hall–Kier alpha value is -2.36. The van der Waals surface area contributed by atoms with E-state index < -0.39 is 0 Å². The molecule has 0 saturated carbocycles. The molecule has 0 aliphatic carbocycles. The minimum atomic E-state index is -0.350. The average molecular weight is 270 g/mol. The summed E-state index contributed by atoms with van der Waals surface area (Å²) in [7, 11) is 0. The van der Waals surface area contributed by atoms with E-state index in [4.69, 9.17) is 0 Å². The summed E-state index contributed by atoms with van der Waals surface area (Å²) in [4.78, 5) is 10.6. The summed E-state index contributed by atoms with van der Waals surface area (Å²) in [6.07, 6.45) is 0. The third-order valence-corrected chi connectivity index (χ3v) is 3.39. The smallest absolute Gasteiger partial charge is 0.274 e. The van der Waals surface area contributed by atoms with Crippen LogP contribution in [0.25, 0.3) is 0 Å². The monoisotopic (exact) mass is 270 g/mol. The first-order valence-corrected chi connectivity index (χ1v) is 6.52. The van der Waals surface area contributed by atoms with E-state index in [2.05, 4.69) is 37.4 Å². The second-order valence-corrected chi connectivity index (χ2v) is 5.04. The van der Waals surface area contributed by atoms with Crippen LogP contribution in [0.3, 0.4) is 0 Å². The maximum Gasteiger partial charge on any atom is 0.274 e. The topological polar surface area (TPSA) is 55.2 Å². The van der Waals surface area contributed by atoms with Gasteiger partial charge in [-0.25, -0.2) is 0 Å². The van der Waals surface area contributed by atoms with Gasteiger partial charge in [-0.2, -0.15) is 0 Å². The highest BCUT2D eigenvalue weighted by atomic mass is 16.6. The third-order valence-electron chi connectivity index (χ3n) is 3.39. The van der Waals surface area contributed by atoms with Gasteiger partial charge in [-0.1, -0.05) is 29.8 Å². The summed E-state index contributed by atoms with van der Waals surface area (Å²) in [5, 5.41) is 14.2. The Labute approximate surface area is 118 Å². The Morgan fingerprint density at radius 3 is 2.45 bits per heavy atom. The zero-order chi connectivity index (χ0) is 14.7. The second kappa shape index (κ2) is 5.74. The zero-order valence-electron chi connectivity index (χ0n) is 11.9. The molecule has 0 radical (unpaired) electrons. The number of nitrogens with one attached hydrogen (secondary N) is 1. The van der Waals surface area contributed by atoms with Crippen molar-refractivity contribution in [3.63, 3.8) is 0 Å². The van der Waals surface area contributed by atoms with Crippen LogP contribution in [0.4, 0.5) is 11.4 Å². The van der Waals surface area contributed by atoms with E-state index in [1.165, 1.54) is 16.7 Å². The fourth-order valence-corrected chi connectivity index (χ4v) is 2.16. The Morgan fingerprint density at radius 1 is 1.05 bits per heavy atom. The van der Waals surface area contributed by atoms with Crippen LogP contribution in [0, 0.1) is 30.9 Å². The summed E-state index contributed by atoms with van der Waals surface area (Å²) in [6, 6.07) is 11.5. The highest BCUT2D eigenvalue weighted by Gasteiger charge is 2.10. The van der Waals surface area contributed by atoms with Crippen molar-refractivity contribution in [1.29, 1.82) is 0 Å². The number of nitro benzene ring substituents is 1. The lowest BCUT2D eigenvalue weighted by atomic mass is 10.1. The highest BCUT2D eigenvalue weighted by Crippen LogP contribution is 2.23. The number of hydrogen-bond acceptors (Lipinski definition) is 3. The van der Waals surface area contributed by atoms with E-state index in [1.807, 2.05) is 6.07 Å². The fraction of sp³-hybridized carbons (Fsp3) is 0.250. The normalized spacial score (nSPS) is 10.3. The molecule has 0 bridgehead atoms. The third kappa shape index (κ3) is 3.15. The van der Waals surface area contributed by atoms with E-state index in [0.717, 1.165) is 5.69 Å². The number of anilines is 1. The van der Waals surface area contributed by atoms with E-state index in [0.29, 0.717) is 12.1 Å². The van der Waals surface area contributed by atoms with Gasteiger partial charge in [0.15, 0.2) is 0 Å². The summed E-state index contributed by atoms with van der Waals surface area (Å²) in [6.45, 7) is 6.54. The first kappa shape index (κ1) is 14.1. The van der Waals surface area contributed by atoms with Gasteiger partial charge in [0, 0.05) is 23.9 Å². The van der Waals surface area contributed by atoms with Crippen molar-refractivity contribution in [2.24, 2.45) is 0 Å². The average Bonchev–Trinajstić information content (AvgIpc) is 2.39. The lowest BCUT2D eigenvalue weighted by Gasteiger charge is -2.10. The minimum Gasteiger partial charge on any atom is -0.381 e. The molecule has 0 heterocycles. The van der Waals surface area contributed by atoms with Crippen LogP contribution in [0.15, 0.2) is 36.4 Å². The molecule has 0 amide bonds. The molecule has 2 aromatic carbocycles. The van der Waals surface area contributed by atoms with Crippen molar-refractivity contribution in [3.05, 3.63) is 68.8 Å². The second-order valence-electron chi connectivity index (χ2n) is 5.04. The van der Waals surface area contributed by atoms with Crippen LogP contribution in [0.1, 0.15) is 22.3 Å². The van der Waals surface area contributed by atoms with Crippen LogP contribution >= 0.6 is 0 Å². The molecular weight excluding hydrogens is 252 g/mol. The predicted octanol–water partition coefficient (Wildman–Crippen LogP) is 4.13. The number of aryl methyl sites for hydroxylation is 3. The van der Waals surface area contributed by atoms with Crippen LogP contribution in [0.5, 0.6) is 0 Å². The lowest BCUT2D eigenvalue weighted by Crippen LogP contribution is -2.02. The minimum absolute atomic E-state index is 0.149. The first-order valence-electron chi connectivity index (χ1n) is 6.52. The number of nitro groups is 1. The van der Waals surface area contributed by atoms with Gasteiger partial charge >= 0.3 is 0 Å². The Kier molecular flexibility index (Phi) is 4.03. The van der Waals surface area contributed by atoms with Gasteiger partial charge in [0.25, 0.3) is 5.69 Å². The molecule has 0 aliphatic heterocycles. The Morgan fingerprint density at radius 2 is 1.80 bits per heavy atom. The fourth-order valence-electron chi connectivity index (χ4n) is 2.16. The summed E-state index contributed by atoms with van der Waals surface area (Å²) in [5.74, 6) is 0. The lowest BCUT2D eigenvalue weighted by molar-refractivity contribution is -0.385. The van der Waals surface area contributed by atoms with E-state index in [-0.39, 0.29) is 10.6 Å². The van der Waals surface area contributed by atoms with Crippen LogP contribution < -0.4 is 5.32 Å². The molecule has 0 fully saturated rings. The quantitative estimate of drug-likeness (QED) is 0.671. The molecule has 20 heavy (non-hydrogen) atoms. The van der Waals surface area contributed by atoms with Crippen molar-refractivity contribution in [2.45, 2.75) is 27.3 Å². The first-order chi connectivity index (χ1) is 9.47. The summed E-state index contributed by atoms with van der Waals surface area (Å²) >= 11 is 0. The van der Waals surface area contributed by atoms with Gasteiger partial charge in [0.2, 0.25) is 0 Å². The molecule has 2 rings (SSSR count). The zero-order valence-corrected chi connectivity index (χ0v) is 11.9. The van der Waals surface area contributed by atoms with Crippen molar-refractivity contribution < 1.29 is 4.92 Å². The summed E-state index contributed by atoms with van der Waals surface area (Å²) < 4.78 is 0. The molecule has 2 aromatic rings. The molecule has 0 spiro atoms. The number of benzene rings is 2. The molecule has 4 nitrogen and oxygen atoms in total. The van der Waals surface area contributed by atoms with Crippen molar-refractivity contribution in [2.75, 3.05) is 5.32 Å². The van der Waals surface area contributed by atoms with Gasteiger partial charge in [-0.15, -0.1) is 0 Å². The largest absolute Gasteiger partial charge is 0.381 e. The van der Waals surface area contributed by atoms with E-state index in [1.54, 1.807) is 19.1 Å². The molecule has 0 aromatic heterocycles. The SMILES string of the molecule is Cc1ccc(CNc2ccc(C)c([N+](=O)[O-])c2)c(C)c1. The van der Waals surface area contributed by atoms with Gasteiger partial charge < -0.3 is 5.32 Å². The number of nitrogens with zero attached hydrogens (tertiary/aromatic N) is 1. The molecule has 0 unspecified atom stereocenters. The van der Waals surface area contributed by atoms with Crippen LogP contribution in [0.2, 0.25) is 0 Å². The standard InChI is InChI=1S/C16H18N2O2/c1-11-4-6-14(13(3)8-11)10-17-15-7-5-12(2)16(9-15)18(19)20/h4-9,17H,10H2,1-3H3. The van der Waals surface area contributed by atoms with E-state index >= 15 is 0 Å². The molecule has 4 heteroatoms. The molecule has 0 aliphatic rings. The molecule has 0 atom stereocenters. The maximum absolute atomic E-state index is 10.9. The van der Waals surface area contributed by atoms with Crippen molar-refractivity contribution in [1.82, 2.24) is 0 Å². The Bertz CT molecular complexity index is 651. The predicted molar refractivity (Wildman–Crippen MR) is 81.1 cm³/mol. The highest BCUT2D eigenvalue weighted by molar-refractivity contribution is 5.55. The van der Waals surface area contributed by atoms with Gasteiger partial charge in [-0.05, 0) is 38.0 Å². The molecule has 1 N–H and O–H groups in total. The van der Waals surface area contributed by atoms with Crippen molar-refractivity contribution in [3.8, 4) is 0 Å². The maximum atomic E-state index is 10.9. The van der Waals surface area contributed by atoms with Crippen molar-refractivity contribution >= 4 is 11.4 Å². The van der Waals surface area contributed by atoms with Crippen LogP contribution in [-0.2, 0) is 6.54 Å². The van der Waals surface area contributed by atoms with Gasteiger partial charge in [-0.3, -0.25) is 10.1 Å². The molecular formula is C16H18N2O2.